The minimum absolute atomic E-state index is 0.0905. The molecule has 0 fully saturated rings. The zero-order valence-corrected chi connectivity index (χ0v) is 9.65. The smallest absolute Gasteiger partial charge is 0.310 e. The van der Waals surface area contributed by atoms with Crippen LogP contribution < -0.4 is 0 Å². The number of carboxylic acids is 1. The summed E-state index contributed by atoms with van der Waals surface area (Å²) in [6.07, 6.45) is 2.79. The van der Waals surface area contributed by atoms with E-state index in [1.165, 1.54) is 18.2 Å². The van der Waals surface area contributed by atoms with Crippen molar-refractivity contribution in [1.82, 2.24) is 0 Å². The van der Waals surface area contributed by atoms with Gasteiger partial charge in [-0.1, -0.05) is 26.0 Å². The molecular formula is C13H14F2O2. The second-order valence-corrected chi connectivity index (χ2v) is 4.13. The highest BCUT2D eigenvalue weighted by molar-refractivity contribution is 5.74. The van der Waals surface area contributed by atoms with Crippen molar-refractivity contribution < 1.29 is 18.7 Å². The Morgan fingerprint density at radius 3 is 2.47 bits per heavy atom. The van der Waals surface area contributed by atoms with Crippen molar-refractivity contribution in [2.24, 2.45) is 11.8 Å². The third-order valence-electron chi connectivity index (χ3n) is 2.45. The second kappa shape index (κ2) is 5.57. The number of hydrogen-bond acceptors (Lipinski definition) is 1. The van der Waals surface area contributed by atoms with Crippen LogP contribution in [-0.4, -0.2) is 11.1 Å². The van der Waals surface area contributed by atoms with E-state index in [1.807, 2.05) is 0 Å². The fourth-order valence-electron chi connectivity index (χ4n) is 1.43. The molecule has 1 unspecified atom stereocenters. The van der Waals surface area contributed by atoms with Gasteiger partial charge in [0.15, 0.2) is 0 Å². The molecule has 0 spiro atoms. The van der Waals surface area contributed by atoms with E-state index in [4.69, 9.17) is 5.11 Å². The third kappa shape index (κ3) is 3.66. The quantitative estimate of drug-likeness (QED) is 0.876. The molecule has 1 atom stereocenters. The number of carboxylic acid groups (broad SMARTS) is 1. The molecule has 0 radical (unpaired) electrons. The third-order valence-corrected chi connectivity index (χ3v) is 2.45. The molecular weight excluding hydrogens is 226 g/mol. The molecule has 92 valence electrons. The highest BCUT2D eigenvalue weighted by atomic mass is 19.1. The fraction of sp³-hybridized carbons (Fsp3) is 0.308. The van der Waals surface area contributed by atoms with E-state index in [-0.39, 0.29) is 11.5 Å². The van der Waals surface area contributed by atoms with Crippen LogP contribution in [0.3, 0.4) is 0 Å². The zero-order valence-electron chi connectivity index (χ0n) is 9.65. The van der Waals surface area contributed by atoms with Crippen molar-refractivity contribution in [2.75, 3.05) is 0 Å². The highest BCUT2D eigenvalue weighted by Gasteiger charge is 2.17. The SMILES string of the molecule is CC(C)C(/C=C/c1ccc(F)cc1F)C(=O)O. The first-order chi connectivity index (χ1) is 7.91. The summed E-state index contributed by atoms with van der Waals surface area (Å²) in [5.74, 6) is -3.09. The average molecular weight is 240 g/mol. The van der Waals surface area contributed by atoms with Crippen LogP contribution in [0.1, 0.15) is 19.4 Å². The minimum Gasteiger partial charge on any atom is -0.481 e. The van der Waals surface area contributed by atoms with Crippen molar-refractivity contribution >= 4 is 12.0 Å². The second-order valence-electron chi connectivity index (χ2n) is 4.13. The van der Waals surface area contributed by atoms with Crippen molar-refractivity contribution in [3.05, 3.63) is 41.5 Å². The largest absolute Gasteiger partial charge is 0.481 e. The molecule has 4 heteroatoms. The summed E-state index contributed by atoms with van der Waals surface area (Å²) in [4.78, 5) is 10.9. The number of benzene rings is 1. The molecule has 0 bridgehead atoms. The summed E-state index contributed by atoms with van der Waals surface area (Å²) in [6, 6.07) is 3.18. The normalized spacial score (nSPS) is 13.2. The van der Waals surface area contributed by atoms with E-state index in [0.717, 1.165) is 12.1 Å². The van der Waals surface area contributed by atoms with Gasteiger partial charge in [-0.3, -0.25) is 4.79 Å². The summed E-state index contributed by atoms with van der Waals surface area (Å²) in [5, 5.41) is 8.93. The van der Waals surface area contributed by atoms with Crippen LogP contribution in [0.5, 0.6) is 0 Å². The molecule has 0 aliphatic rings. The van der Waals surface area contributed by atoms with E-state index in [0.29, 0.717) is 0 Å². The molecule has 17 heavy (non-hydrogen) atoms. The maximum Gasteiger partial charge on any atom is 0.310 e. The molecule has 0 saturated heterocycles. The molecule has 1 rings (SSSR count). The van der Waals surface area contributed by atoms with E-state index >= 15 is 0 Å². The number of carbonyl (C=O) groups is 1. The lowest BCUT2D eigenvalue weighted by Gasteiger charge is -2.11. The van der Waals surface area contributed by atoms with E-state index in [9.17, 15) is 13.6 Å². The van der Waals surface area contributed by atoms with Gasteiger partial charge >= 0.3 is 5.97 Å². The van der Waals surface area contributed by atoms with Gasteiger partial charge in [0.1, 0.15) is 11.6 Å². The van der Waals surface area contributed by atoms with Gasteiger partial charge in [-0.25, -0.2) is 8.78 Å². The topological polar surface area (TPSA) is 37.3 Å². The monoisotopic (exact) mass is 240 g/mol. The van der Waals surface area contributed by atoms with Crippen LogP contribution in [0.4, 0.5) is 8.78 Å². The number of halogens is 2. The Balaban J connectivity index is 2.92. The van der Waals surface area contributed by atoms with Crippen LogP contribution in [0.15, 0.2) is 24.3 Å². The molecule has 1 aromatic carbocycles. The fourth-order valence-corrected chi connectivity index (χ4v) is 1.43. The van der Waals surface area contributed by atoms with Crippen LogP contribution in [0, 0.1) is 23.5 Å². The Hall–Kier alpha value is -1.71. The molecule has 0 aliphatic carbocycles. The van der Waals surface area contributed by atoms with E-state index < -0.39 is 23.5 Å². The molecule has 1 N–H and O–H groups in total. The number of rotatable bonds is 4. The standard InChI is InChI=1S/C13H14F2O2/c1-8(2)11(13(16)17)6-4-9-3-5-10(14)7-12(9)15/h3-8,11H,1-2H3,(H,16,17)/b6-4+. The number of aliphatic carboxylic acids is 1. The van der Waals surface area contributed by atoms with E-state index in [1.54, 1.807) is 13.8 Å². The predicted molar refractivity (Wildman–Crippen MR) is 61.4 cm³/mol. The molecule has 2 nitrogen and oxygen atoms in total. The van der Waals surface area contributed by atoms with Gasteiger partial charge in [-0.2, -0.15) is 0 Å². The summed E-state index contributed by atoms with van der Waals surface area (Å²) < 4.78 is 25.9. The summed E-state index contributed by atoms with van der Waals surface area (Å²) >= 11 is 0. The lowest BCUT2D eigenvalue weighted by atomic mass is 9.95. The lowest BCUT2D eigenvalue weighted by molar-refractivity contribution is -0.141. The van der Waals surface area contributed by atoms with Gasteiger partial charge in [0.25, 0.3) is 0 Å². The Morgan fingerprint density at radius 2 is 2.00 bits per heavy atom. The summed E-state index contributed by atoms with van der Waals surface area (Å²) in [7, 11) is 0. The van der Waals surface area contributed by atoms with Gasteiger partial charge in [0.2, 0.25) is 0 Å². The van der Waals surface area contributed by atoms with Gasteiger partial charge in [-0.05, 0) is 18.1 Å². The first-order valence-corrected chi connectivity index (χ1v) is 5.28. The Kier molecular flexibility index (Phi) is 4.37. The van der Waals surface area contributed by atoms with Gasteiger partial charge in [-0.15, -0.1) is 0 Å². The molecule has 0 aromatic heterocycles. The highest BCUT2D eigenvalue weighted by Crippen LogP contribution is 2.17. The number of hydrogen-bond donors (Lipinski definition) is 1. The molecule has 0 saturated carbocycles. The summed E-state index contributed by atoms with van der Waals surface area (Å²) in [6.45, 7) is 3.54. The maximum atomic E-state index is 13.3. The van der Waals surface area contributed by atoms with Gasteiger partial charge < -0.3 is 5.11 Å². The van der Waals surface area contributed by atoms with Crippen LogP contribution in [0.2, 0.25) is 0 Å². The predicted octanol–water partition coefficient (Wildman–Crippen LogP) is 3.33. The average Bonchev–Trinajstić information content (AvgIpc) is 2.20. The Labute approximate surface area is 98.6 Å². The first kappa shape index (κ1) is 13.4. The lowest BCUT2D eigenvalue weighted by Crippen LogP contribution is -2.16. The zero-order chi connectivity index (χ0) is 13.0. The molecule has 1 aromatic rings. The van der Waals surface area contributed by atoms with Gasteiger partial charge in [0.05, 0.1) is 5.92 Å². The molecule has 0 aliphatic heterocycles. The van der Waals surface area contributed by atoms with Crippen molar-refractivity contribution in [2.45, 2.75) is 13.8 Å². The van der Waals surface area contributed by atoms with Crippen molar-refractivity contribution in [3.63, 3.8) is 0 Å². The van der Waals surface area contributed by atoms with Crippen LogP contribution in [-0.2, 0) is 4.79 Å². The maximum absolute atomic E-state index is 13.3. The first-order valence-electron chi connectivity index (χ1n) is 5.28. The Bertz CT molecular complexity index is 439. The molecule has 0 heterocycles. The Morgan fingerprint density at radius 1 is 1.35 bits per heavy atom. The minimum atomic E-state index is -0.959. The van der Waals surface area contributed by atoms with Gasteiger partial charge in [0, 0.05) is 11.6 Å². The van der Waals surface area contributed by atoms with Crippen molar-refractivity contribution in [1.29, 1.82) is 0 Å². The summed E-state index contributed by atoms with van der Waals surface area (Å²) in [5.41, 5.74) is 0.179. The van der Waals surface area contributed by atoms with Crippen LogP contribution >= 0.6 is 0 Å². The van der Waals surface area contributed by atoms with Crippen molar-refractivity contribution in [3.8, 4) is 0 Å². The van der Waals surface area contributed by atoms with Crippen LogP contribution in [0.25, 0.3) is 6.08 Å². The molecule has 0 amide bonds. The van der Waals surface area contributed by atoms with E-state index in [2.05, 4.69) is 0 Å².